The van der Waals surface area contributed by atoms with Gasteiger partial charge in [0.2, 0.25) is 0 Å². The second-order valence-corrected chi connectivity index (χ2v) is 4.67. The predicted octanol–water partition coefficient (Wildman–Crippen LogP) is 3.19. The highest BCUT2D eigenvalue weighted by Gasteiger charge is 2.13. The Labute approximate surface area is 127 Å². The number of halogens is 1. The first-order valence-corrected chi connectivity index (χ1v) is 6.51. The Balaban J connectivity index is 2.30. The molecule has 0 aliphatic carbocycles. The molecule has 0 heterocycles. The summed E-state index contributed by atoms with van der Waals surface area (Å²) in [6.07, 6.45) is 0. The molecule has 0 saturated carbocycles. The average molecular weight is 307 g/mol. The Hall–Kier alpha value is -2.40. The summed E-state index contributed by atoms with van der Waals surface area (Å²) < 4.78 is 10.3. The molecule has 1 amide bonds. The molecular formula is C15H15ClN2O3. The van der Waals surface area contributed by atoms with Crippen molar-refractivity contribution in [2.24, 2.45) is 0 Å². The number of nitrogens with two attached hydrogens (primary N) is 1. The van der Waals surface area contributed by atoms with Gasteiger partial charge in [-0.15, -0.1) is 0 Å². The molecule has 0 unspecified atom stereocenters. The van der Waals surface area contributed by atoms with Crippen LogP contribution in [0.5, 0.6) is 11.5 Å². The minimum atomic E-state index is -0.304. The van der Waals surface area contributed by atoms with Crippen molar-refractivity contribution in [3.8, 4) is 11.5 Å². The third kappa shape index (κ3) is 3.38. The molecule has 0 aromatic heterocycles. The lowest BCUT2D eigenvalue weighted by Gasteiger charge is -2.13. The van der Waals surface area contributed by atoms with Crippen LogP contribution in [0.3, 0.4) is 0 Å². The normalized spacial score (nSPS) is 10.0. The summed E-state index contributed by atoms with van der Waals surface area (Å²) in [6, 6.07) is 9.86. The van der Waals surface area contributed by atoms with Gasteiger partial charge in [0.15, 0.2) is 0 Å². The third-order valence-electron chi connectivity index (χ3n) is 2.87. The monoisotopic (exact) mass is 306 g/mol. The summed E-state index contributed by atoms with van der Waals surface area (Å²) in [4.78, 5) is 12.2. The molecule has 0 aliphatic rings. The molecule has 0 aliphatic heterocycles. The minimum Gasteiger partial charge on any atom is -0.495 e. The van der Waals surface area contributed by atoms with E-state index in [0.29, 0.717) is 33.5 Å². The van der Waals surface area contributed by atoms with E-state index in [1.54, 1.807) is 36.4 Å². The van der Waals surface area contributed by atoms with Crippen molar-refractivity contribution in [3.05, 3.63) is 47.0 Å². The number of nitrogens with one attached hydrogen (secondary N) is 1. The lowest BCUT2D eigenvalue weighted by Crippen LogP contribution is -2.13. The van der Waals surface area contributed by atoms with Crippen LogP contribution >= 0.6 is 11.6 Å². The van der Waals surface area contributed by atoms with Crippen molar-refractivity contribution < 1.29 is 14.3 Å². The molecule has 2 aromatic carbocycles. The molecule has 5 nitrogen and oxygen atoms in total. The first-order valence-electron chi connectivity index (χ1n) is 6.13. The Morgan fingerprint density at radius 1 is 1.14 bits per heavy atom. The number of nitrogen functional groups attached to an aromatic ring is 1. The smallest absolute Gasteiger partial charge is 0.255 e. The molecule has 0 bridgehead atoms. The Bertz CT molecular complexity index is 674. The first-order chi connectivity index (χ1) is 10.0. The van der Waals surface area contributed by atoms with E-state index in [-0.39, 0.29) is 5.91 Å². The highest BCUT2D eigenvalue weighted by Crippen LogP contribution is 2.36. The topological polar surface area (TPSA) is 73.6 Å². The zero-order valence-electron chi connectivity index (χ0n) is 11.6. The molecule has 21 heavy (non-hydrogen) atoms. The molecule has 0 saturated heterocycles. The number of hydrogen-bond donors (Lipinski definition) is 2. The molecule has 3 N–H and O–H groups in total. The molecule has 110 valence electrons. The molecule has 2 aromatic rings. The Morgan fingerprint density at radius 3 is 2.48 bits per heavy atom. The van der Waals surface area contributed by atoms with Crippen LogP contribution in [-0.2, 0) is 0 Å². The van der Waals surface area contributed by atoms with Gasteiger partial charge < -0.3 is 20.5 Å². The van der Waals surface area contributed by atoms with Crippen molar-refractivity contribution in [3.63, 3.8) is 0 Å². The number of benzene rings is 2. The van der Waals surface area contributed by atoms with Gasteiger partial charge in [-0.1, -0.05) is 17.7 Å². The van der Waals surface area contributed by atoms with E-state index < -0.39 is 0 Å². The van der Waals surface area contributed by atoms with Crippen molar-refractivity contribution in [2.45, 2.75) is 0 Å². The first kappa shape index (κ1) is 15.0. The van der Waals surface area contributed by atoms with E-state index in [9.17, 15) is 4.79 Å². The van der Waals surface area contributed by atoms with E-state index in [4.69, 9.17) is 26.8 Å². The zero-order valence-corrected chi connectivity index (χ0v) is 12.4. The van der Waals surface area contributed by atoms with Crippen molar-refractivity contribution >= 4 is 28.9 Å². The summed E-state index contributed by atoms with van der Waals surface area (Å²) in [5.74, 6) is 0.616. The average Bonchev–Trinajstić information content (AvgIpc) is 2.47. The number of ether oxygens (including phenoxy) is 2. The summed E-state index contributed by atoms with van der Waals surface area (Å²) in [7, 11) is 3.00. The van der Waals surface area contributed by atoms with E-state index in [0.717, 1.165) is 0 Å². The molecule has 0 radical (unpaired) electrons. The Morgan fingerprint density at radius 2 is 1.86 bits per heavy atom. The van der Waals surface area contributed by atoms with Crippen LogP contribution < -0.4 is 20.5 Å². The van der Waals surface area contributed by atoms with Gasteiger partial charge in [0, 0.05) is 17.3 Å². The van der Waals surface area contributed by atoms with Gasteiger partial charge in [-0.2, -0.15) is 0 Å². The van der Waals surface area contributed by atoms with E-state index >= 15 is 0 Å². The lowest BCUT2D eigenvalue weighted by atomic mass is 10.2. The van der Waals surface area contributed by atoms with Gasteiger partial charge >= 0.3 is 0 Å². The number of carbonyl (C=O) groups excluding carboxylic acids is 1. The van der Waals surface area contributed by atoms with Crippen LogP contribution in [0.15, 0.2) is 36.4 Å². The summed E-state index contributed by atoms with van der Waals surface area (Å²) in [5, 5.41) is 3.11. The van der Waals surface area contributed by atoms with Crippen molar-refractivity contribution in [2.75, 3.05) is 25.3 Å². The van der Waals surface area contributed by atoms with Gasteiger partial charge in [0.05, 0.1) is 24.9 Å². The lowest BCUT2D eigenvalue weighted by molar-refractivity contribution is 0.102. The fourth-order valence-corrected chi connectivity index (χ4v) is 2.07. The van der Waals surface area contributed by atoms with Gasteiger partial charge in [-0.3, -0.25) is 4.79 Å². The van der Waals surface area contributed by atoms with Gasteiger partial charge in [0.25, 0.3) is 5.91 Å². The van der Waals surface area contributed by atoms with Crippen molar-refractivity contribution in [1.29, 1.82) is 0 Å². The van der Waals surface area contributed by atoms with Crippen LogP contribution in [0.4, 0.5) is 11.4 Å². The minimum absolute atomic E-state index is 0.304. The largest absolute Gasteiger partial charge is 0.495 e. The molecule has 6 heteroatoms. The number of hydrogen-bond acceptors (Lipinski definition) is 4. The molecular weight excluding hydrogens is 292 g/mol. The van der Waals surface area contributed by atoms with Crippen molar-refractivity contribution in [1.82, 2.24) is 0 Å². The standard InChI is InChI=1S/C15H15ClN2O3/c1-20-13-8-14(21-2)12(7-11(13)16)18-15(19)9-4-3-5-10(17)6-9/h3-8H,17H2,1-2H3,(H,18,19). The van der Waals surface area contributed by atoms with Crippen LogP contribution in [0, 0.1) is 0 Å². The maximum Gasteiger partial charge on any atom is 0.255 e. The van der Waals surface area contributed by atoms with Gasteiger partial charge in [0.1, 0.15) is 11.5 Å². The highest BCUT2D eigenvalue weighted by molar-refractivity contribution is 6.32. The highest BCUT2D eigenvalue weighted by atomic mass is 35.5. The maximum atomic E-state index is 12.2. The number of carbonyl (C=O) groups is 1. The fourth-order valence-electron chi connectivity index (χ4n) is 1.83. The number of methoxy groups -OCH3 is 2. The SMILES string of the molecule is COc1cc(OC)c(NC(=O)c2cccc(N)c2)cc1Cl. The zero-order chi connectivity index (χ0) is 15.4. The van der Waals surface area contributed by atoms with Gasteiger partial charge in [-0.05, 0) is 24.3 Å². The molecule has 0 fully saturated rings. The molecule has 0 atom stereocenters. The van der Waals surface area contributed by atoms with Crippen LogP contribution in [0.25, 0.3) is 0 Å². The summed E-state index contributed by atoms with van der Waals surface area (Å²) in [5.41, 5.74) is 7.08. The van der Waals surface area contributed by atoms with E-state index in [2.05, 4.69) is 5.32 Å². The Kier molecular flexibility index (Phi) is 4.55. The maximum absolute atomic E-state index is 12.2. The van der Waals surface area contributed by atoms with Crippen LogP contribution in [-0.4, -0.2) is 20.1 Å². The summed E-state index contributed by atoms with van der Waals surface area (Å²) in [6.45, 7) is 0. The quantitative estimate of drug-likeness (QED) is 0.851. The fraction of sp³-hybridized carbons (Fsp3) is 0.133. The van der Waals surface area contributed by atoms with E-state index in [1.807, 2.05) is 0 Å². The summed E-state index contributed by atoms with van der Waals surface area (Å²) >= 11 is 6.06. The molecule has 0 spiro atoms. The second-order valence-electron chi connectivity index (χ2n) is 4.27. The van der Waals surface area contributed by atoms with E-state index in [1.165, 1.54) is 14.2 Å². The predicted molar refractivity (Wildman–Crippen MR) is 83.4 cm³/mol. The second kappa shape index (κ2) is 6.37. The third-order valence-corrected chi connectivity index (χ3v) is 3.17. The number of rotatable bonds is 4. The number of amides is 1. The number of anilines is 2. The van der Waals surface area contributed by atoms with Crippen LogP contribution in [0.2, 0.25) is 5.02 Å². The van der Waals surface area contributed by atoms with Crippen LogP contribution in [0.1, 0.15) is 10.4 Å². The molecule has 2 rings (SSSR count). The van der Waals surface area contributed by atoms with Gasteiger partial charge in [-0.25, -0.2) is 0 Å².